The predicted octanol–water partition coefficient (Wildman–Crippen LogP) is 2.74. The van der Waals surface area contributed by atoms with Crippen LogP contribution in [0.15, 0.2) is 54.4 Å². The highest BCUT2D eigenvalue weighted by Crippen LogP contribution is 2.23. The number of benzene rings is 1. The second-order valence-corrected chi connectivity index (χ2v) is 6.93. The summed E-state index contributed by atoms with van der Waals surface area (Å²) in [6.07, 6.45) is 6.71. The van der Waals surface area contributed by atoms with Crippen LogP contribution in [-0.2, 0) is 6.42 Å². The van der Waals surface area contributed by atoms with E-state index in [1.165, 1.54) is 5.56 Å². The SMILES string of the molecule is C=c1/c(=C\C=C(/C)N(C)C)nc(-c2cccnc2N)n1-c1ccc(CC)cc1. The molecular formula is C23H27N5. The number of pyridine rings is 1. The number of hydrogen-bond acceptors (Lipinski definition) is 4. The van der Waals surface area contributed by atoms with E-state index in [0.29, 0.717) is 5.82 Å². The molecular weight excluding hydrogens is 346 g/mol. The molecule has 0 atom stereocenters. The Kier molecular flexibility index (Phi) is 5.64. The summed E-state index contributed by atoms with van der Waals surface area (Å²) in [6, 6.07) is 12.3. The molecule has 0 aliphatic carbocycles. The molecule has 0 bridgehead atoms. The van der Waals surface area contributed by atoms with Crippen LogP contribution in [0.2, 0.25) is 0 Å². The Morgan fingerprint density at radius 2 is 1.93 bits per heavy atom. The van der Waals surface area contributed by atoms with Crippen LogP contribution in [0.5, 0.6) is 0 Å². The van der Waals surface area contributed by atoms with Gasteiger partial charge >= 0.3 is 0 Å². The minimum atomic E-state index is 0.450. The first-order valence-electron chi connectivity index (χ1n) is 9.36. The number of rotatable bonds is 5. The second kappa shape index (κ2) is 8.13. The number of allylic oxidation sites excluding steroid dienone is 2. The molecule has 2 aromatic heterocycles. The van der Waals surface area contributed by atoms with Crippen LogP contribution in [0.3, 0.4) is 0 Å². The average Bonchev–Trinajstić information content (AvgIpc) is 3.02. The topological polar surface area (TPSA) is 60.0 Å². The molecule has 0 aliphatic rings. The van der Waals surface area contributed by atoms with Crippen molar-refractivity contribution in [3.05, 3.63) is 70.6 Å². The lowest BCUT2D eigenvalue weighted by atomic mass is 10.1. The largest absolute Gasteiger partial charge is 0.383 e. The standard InChI is InChI=1S/C23H27N5/c1-6-18-10-12-19(13-11-18)28-17(3)21(14-9-16(2)27(4)5)26-23(28)20-8-7-15-25-22(20)24/h7-15H,3,6H2,1-2,4-5H3,(H2,24,25)/b16-9+,21-14+. The maximum Gasteiger partial charge on any atom is 0.149 e. The number of nitrogen functional groups attached to an aromatic ring is 1. The maximum absolute atomic E-state index is 6.15. The van der Waals surface area contributed by atoms with Gasteiger partial charge in [-0.3, -0.25) is 4.57 Å². The number of aromatic nitrogens is 3. The molecule has 144 valence electrons. The minimum absolute atomic E-state index is 0.450. The molecule has 0 saturated carbocycles. The van der Waals surface area contributed by atoms with E-state index in [2.05, 4.69) is 54.6 Å². The van der Waals surface area contributed by atoms with Gasteiger partial charge in [0.05, 0.1) is 16.3 Å². The molecule has 5 nitrogen and oxygen atoms in total. The third-order valence-electron chi connectivity index (χ3n) is 4.87. The quantitative estimate of drug-likeness (QED) is 0.747. The van der Waals surface area contributed by atoms with E-state index in [-0.39, 0.29) is 0 Å². The summed E-state index contributed by atoms with van der Waals surface area (Å²) >= 11 is 0. The number of hydrogen-bond donors (Lipinski definition) is 1. The lowest BCUT2D eigenvalue weighted by molar-refractivity contribution is 0.514. The number of imidazole rings is 1. The smallest absolute Gasteiger partial charge is 0.149 e. The van der Waals surface area contributed by atoms with Crippen molar-refractivity contribution in [2.75, 3.05) is 19.8 Å². The van der Waals surface area contributed by atoms with Gasteiger partial charge < -0.3 is 10.6 Å². The van der Waals surface area contributed by atoms with Crippen LogP contribution >= 0.6 is 0 Å². The molecule has 2 heterocycles. The molecule has 1 aromatic carbocycles. The summed E-state index contributed by atoms with van der Waals surface area (Å²) in [7, 11) is 4.03. The van der Waals surface area contributed by atoms with E-state index >= 15 is 0 Å². The Bertz CT molecular complexity index is 1100. The molecule has 0 radical (unpaired) electrons. The summed E-state index contributed by atoms with van der Waals surface area (Å²) in [5, 5.41) is 1.62. The second-order valence-electron chi connectivity index (χ2n) is 6.93. The van der Waals surface area contributed by atoms with Crippen molar-refractivity contribution in [3.8, 4) is 17.1 Å². The van der Waals surface area contributed by atoms with E-state index in [0.717, 1.165) is 39.9 Å². The van der Waals surface area contributed by atoms with E-state index in [9.17, 15) is 0 Å². The fourth-order valence-electron chi connectivity index (χ4n) is 2.90. The van der Waals surface area contributed by atoms with Crippen molar-refractivity contribution < 1.29 is 0 Å². The summed E-state index contributed by atoms with van der Waals surface area (Å²) in [5.74, 6) is 1.19. The van der Waals surface area contributed by atoms with Crippen LogP contribution in [0.25, 0.3) is 29.7 Å². The summed E-state index contributed by atoms with van der Waals surface area (Å²) in [4.78, 5) is 11.1. The highest BCUT2D eigenvalue weighted by molar-refractivity contribution is 5.70. The van der Waals surface area contributed by atoms with Gasteiger partial charge in [-0.25, -0.2) is 9.97 Å². The average molecular weight is 374 g/mol. The van der Waals surface area contributed by atoms with Gasteiger partial charge in [0.1, 0.15) is 11.6 Å². The molecule has 3 rings (SSSR count). The van der Waals surface area contributed by atoms with Crippen LogP contribution in [0, 0.1) is 0 Å². The highest BCUT2D eigenvalue weighted by Gasteiger charge is 2.14. The Morgan fingerprint density at radius 3 is 2.54 bits per heavy atom. The first-order valence-corrected chi connectivity index (χ1v) is 9.36. The van der Waals surface area contributed by atoms with Crippen molar-refractivity contribution in [1.82, 2.24) is 19.4 Å². The van der Waals surface area contributed by atoms with Crippen molar-refractivity contribution >= 4 is 18.5 Å². The van der Waals surface area contributed by atoms with Crippen LogP contribution in [-0.4, -0.2) is 33.5 Å². The van der Waals surface area contributed by atoms with Gasteiger partial charge in [0.15, 0.2) is 0 Å². The molecule has 0 unspecified atom stereocenters. The van der Waals surface area contributed by atoms with E-state index in [1.807, 2.05) is 42.9 Å². The molecule has 28 heavy (non-hydrogen) atoms. The number of nitrogens with two attached hydrogens (primary N) is 1. The fourth-order valence-corrected chi connectivity index (χ4v) is 2.90. The summed E-state index contributed by atoms with van der Waals surface area (Å²) in [5.41, 5.74) is 10.4. The molecule has 0 fully saturated rings. The molecule has 0 spiro atoms. The zero-order valence-electron chi connectivity index (χ0n) is 17.0. The van der Waals surface area contributed by atoms with Crippen molar-refractivity contribution in [3.63, 3.8) is 0 Å². The van der Waals surface area contributed by atoms with Gasteiger partial charge in [-0.2, -0.15) is 0 Å². The lowest BCUT2D eigenvalue weighted by Crippen LogP contribution is -2.27. The van der Waals surface area contributed by atoms with Crippen LogP contribution in [0.4, 0.5) is 5.82 Å². The molecule has 0 saturated heterocycles. The lowest BCUT2D eigenvalue weighted by Gasteiger charge is -2.10. The normalized spacial score (nSPS) is 12.4. The predicted molar refractivity (Wildman–Crippen MR) is 117 cm³/mol. The number of aryl methyl sites for hydroxylation is 1. The van der Waals surface area contributed by atoms with Crippen molar-refractivity contribution in [2.24, 2.45) is 0 Å². The molecule has 0 aliphatic heterocycles. The first kappa shape index (κ1) is 19.4. The van der Waals surface area contributed by atoms with Crippen molar-refractivity contribution in [2.45, 2.75) is 20.3 Å². The number of anilines is 1. The minimum Gasteiger partial charge on any atom is -0.383 e. The summed E-state index contributed by atoms with van der Waals surface area (Å²) in [6.45, 7) is 8.50. The van der Waals surface area contributed by atoms with E-state index < -0.39 is 0 Å². The maximum atomic E-state index is 6.15. The van der Waals surface area contributed by atoms with E-state index in [1.54, 1.807) is 6.20 Å². The third kappa shape index (κ3) is 3.83. The Labute approximate surface area is 166 Å². The van der Waals surface area contributed by atoms with E-state index in [4.69, 9.17) is 10.7 Å². The first-order chi connectivity index (χ1) is 13.4. The van der Waals surface area contributed by atoms with Crippen LogP contribution in [0.1, 0.15) is 19.4 Å². The fraction of sp³-hybridized carbons (Fsp3) is 0.217. The Balaban J connectivity index is 2.27. The highest BCUT2D eigenvalue weighted by atomic mass is 15.1. The van der Waals surface area contributed by atoms with Crippen LogP contribution < -0.4 is 16.4 Å². The molecule has 3 aromatic rings. The molecule has 0 amide bonds. The zero-order valence-corrected chi connectivity index (χ0v) is 17.0. The van der Waals surface area contributed by atoms with Gasteiger partial charge in [0.25, 0.3) is 0 Å². The monoisotopic (exact) mass is 373 g/mol. The third-order valence-corrected chi connectivity index (χ3v) is 4.87. The molecule has 2 N–H and O–H groups in total. The zero-order chi connectivity index (χ0) is 20.3. The van der Waals surface area contributed by atoms with Gasteiger partial charge in [-0.15, -0.1) is 0 Å². The Hall–Kier alpha value is -3.34. The van der Waals surface area contributed by atoms with Gasteiger partial charge in [-0.1, -0.05) is 25.6 Å². The Morgan fingerprint density at radius 1 is 1.21 bits per heavy atom. The van der Waals surface area contributed by atoms with Gasteiger partial charge in [0, 0.05) is 31.7 Å². The number of nitrogens with zero attached hydrogens (tertiary/aromatic N) is 4. The van der Waals surface area contributed by atoms with Gasteiger partial charge in [0.2, 0.25) is 0 Å². The summed E-state index contributed by atoms with van der Waals surface area (Å²) < 4.78 is 2.04. The van der Waals surface area contributed by atoms with Crippen molar-refractivity contribution in [1.29, 1.82) is 0 Å². The molecule has 5 heteroatoms. The van der Waals surface area contributed by atoms with Gasteiger partial charge in [-0.05, 0) is 55.3 Å².